The predicted octanol–water partition coefficient (Wildman–Crippen LogP) is 6.80. The quantitative estimate of drug-likeness (QED) is 0.174. The molecule has 182 valence electrons. The molecule has 0 aliphatic carbocycles. The highest BCUT2D eigenvalue weighted by Crippen LogP contribution is 2.30. The molecule has 3 aromatic rings. The van der Waals surface area contributed by atoms with Crippen molar-refractivity contribution in [3.05, 3.63) is 94.0 Å². The van der Waals surface area contributed by atoms with E-state index in [1.165, 1.54) is 6.07 Å². The van der Waals surface area contributed by atoms with Gasteiger partial charge in [0.1, 0.15) is 11.5 Å². The fraction of sp³-hybridized carbons (Fsp3) is 0.300. The first-order valence-electron chi connectivity index (χ1n) is 12.2. The van der Waals surface area contributed by atoms with Crippen LogP contribution in [0.2, 0.25) is 0 Å². The van der Waals surface area contributed by atoms with E-state index in [4.69, 9.17) is 9.47 Å². The van der Waals surface area contributed by atoms with Gasteiger partial charge in [0, 0.05) is 0 Å². The molecule has 5 nitrogen and oxygen atoms in total. The van der Waals surface area contributed by atoms with Crippen molar-refractivity contribution in [1.82, 2.24) is 0 Å². The van der Waals surface area contributed by atoms with Gasteiger partial charge in [-0.15, -0.1) is 0 Å². The third kappa shape index (κ3) is 6.89. The maximum absolute atomic E-state index is 12.8. The summed E-state index contributed by atoms with van der Waals surface area (Å²) in [4.78, 5) is 37.3. The summed E-state index contributed by atoms with van der Waals surface area (Å²) in [5.41, 5.74) is 3.97. The second kappa shape index (κ2) is 12.7. The SMILES string of the molecule is CCCc1ccc(C(=O)Oc2cc(CCC)c(OC(=O)c3ccc(CCC)cc3)cc2C=O)cc1. The summed E-state index contributed by atoms with van der Waals surface area (Å²) in [5, 5.41) is 0. The summed E-state index contributed by atoms with van der Waals surface area (Å²) in [7, 11) is 0. The lowest BCUT2D eigenvalue weighted by Gasteiger charge is -2.14. The van der Waals surface area contributed by atoms with Crippen LogP contribution in [0.3, 0.4) is 0 Å². The summed E-state index contributed by atoms with van der Waals surface area (Å²) in [6.45, 7) is 6.20. The van der Waals surface area contributed by atoms with E-state index in [9.17, 15) is 14.4 Å². The van der Waals surface area contributed by atoms with Gasteiger partial charge in [-0.1, -0.05) is 64.3 Å². The van der Waals surface area contributed by atoms with Gasteiger partial charge in [0.15, 0.2) is 6.29 Å². The Morgan fingerprint density at radius 2 is 1.11 bits per heavy atom. The van der Waals surface area contributed by atoms with Crippen molar-refractivity contribution >= 4 is 18.2 Å². The van der Waals surface area contributed by atoms with Crippen molar-refractivity contribution in [3.8, 4) is 11.5 Å². The molecule has 5 heteroatoms. The van der Waals surface area contributed by atoms with Gasteiger partial charge in [-0.2, -0.15) is 0 Å². The lowest BCUT2D eigenvalue weighted by Crippen LogP contribution is -2.13. The van der Waals surface area contributed by atoms with Crippen LogP contribution in [-0.2, 0) is 19.3 Å². The Hall–Kier alpha value is -3.73. The Kier molecular flexibility index (Phi) is 9.36. The lowest BCUT2D eigenvalue weighted by molar-refractivity contribution is 0.0716. The van der Waals surface area contributed by atoms with Gasteiger partial charge in [-0.25, -0.2) is 9.59 Å². The van der Waals surface area contributed by atoms with E-state index in [0.717, 1.165) is 43.2 Å². The molecule has 35 heavy (non-hydrogen) atoms. The van der Waals surface area contributed by atoms with Crippen molar-refractivity contribution in [3.63, 3.8) is 0 Å². The lowest BCUT2D eigenvalue weighted by atomic mass is 10.0. The minimum Gasteiger partial charge on any atom is -0.423 e. The van der Waals surface area contributed by atoms with Crippen molar-refractivity contribution in [2.75, 3.05) is 0 Å². The third-order valence-corrected chi connectivity index (χ3v) is 5.70. The molecular formula is C30H32O5. The highest BCUT2D eigenvalue weighted by molar-refractivity contribution is 5.94. The molecule has 0 amide bonds. The van der Waals surface area contributed by atoms with Crippen LogP contribution in [0.5, 0.6) is 11.5 Å². The number of ether oxygens (including phenoxy) is 2. The van der Waals surface area contributed by atoms with Crippen LogP contribution in [0.25, 0.3) is 0 Å². The summed E-state index contributed by atoms with van der Waals surface area (Å²) < 4.78 is 11.2. The van der Waals surface area contributed by atoms with Crippen LogP contribution in [0.1, 0.15) is 87.8 Å². The minimum atomic E-state index is -0.546. The molecule has 0 saturated heterocycles. The van der Waals surface area contributed by atoms with Crippen molar-refractivity contribution in [1.29, 1.82) is 0 Å². The van der Waals surface area contributed by atoms with Gasteiger partial charge >= 0.3 is 11.9 Å². The number of hydrogen-bond donors (Lipinski definition) is 0. The molecular weight excluding hydrogens is 440 g/mol. The second-order valence-corrected chi connectivity index (χ2v) is 8.54. The van der Waals surface area contributed by atoms with Gasteiger partial charge in [0.2, 0.25) is 0 Å². The van der Waals surface area contributed by atoms with Crippen molar-refractivity contribution in [2.45, 2.75) is 59.3 Å². The summed E-state index contributed by atoms with van der Waals surface area (Å²) in [6.07, 6.45) is 5.90. The first-order chi connectivity index (χ1) is 17.0. The van der Waals surface area contributed by atoms with Crippen molar-refractivity contribution in [2.24, 2.45) is 0 Å². The van der Waals surface area contributed by atoms with Crippen LogP contribution in [-0.4, -0.2) is 18.2 Å². The number of rotatable bonds is 11. The number of esters is 2. The van der Waals surface area contributed by atoms with E-state index in [1.54, 1.807) is 30.3 Å². The molecule has 0 fully saturated rings. The summed E-state index contributed by atoms with van der Waals surface area (Å²) >= 11 is 0. The molecule has 0 saturated carbocycles. The first kappa shape index (κ1) is 25.9. The number of carbonyl (C=O) groups excluding carboxylic acids is 3. The largest absolute Gasteiger partial charge is 0.423 e. The Labute approximate surface area is 207 Å². The molecule has 0 atom stereocenters. The minimum absolute atomic E-state index is 0.141. The molecule has 0 bridgehead atoms. The third-order valence-electron chi connectivity index (χ3n) is 5.70. The predicted molar refractivity (Wildman–Crippen MR) is 137 cm³/mol. The summed E-state index contributed by atoms with van der Waals surface area (Å²) in [5.74, 6) is -0.607. The molecule has 0 aromatic heterocycles. The van der Waals surface area contributed by atoms with Crippen LogP contribution in [0, 0.1) is 0 Å². The summed E-state index contributed by atoms with van der Waals surface area (Å²) in [6, 6.07) is 17.7. The van der Waals surface area contributed by atoms with Gasteiger partial charge in [-0.05, 0) is 72.4 Å². The molecule has 0 aliphatic heterocycles. The first-order valence-corrected chi connectivity index (χ1v) is 12.2. The second-order valence-electron chi connectivity index (χ2n) is 8.54. The van der Waals surface area contributed by atoms with E-state index in [-0.39, 0.29) is 11.3 Å². The molecule has 0 N–H and O–H groups in total. The molecule has 0 aliphatic rings. The highest BCUT2D eigenvalue weighted by Gasteiger charge is 2.18. The van der Waals surface area contributed by atoms with Crippen LogP contribution in [0.4, 0.5) is 0 Å². The van der Waals surface area contributed by atoms with E-state index in [1.807, 2.05) is 31.2 Å². The topological polar surface area (TPSA) is 69.7 Å². The molecule has 0 heterocycles. The Morgan fingerprint density at radius 1 is 0.657 bits per heavy atom. The number of benzene rings is 3. The van der Waals surface area contributed by atoms with Crippen molar-refractivity contribution < 1.29 is 23.9 Å². The van der Waals surface area contributed by atoms with Gasteiger partial charge in [0.25, 0.3) is 0 Å². The highest BCUT2D eigenvalue weighted by atomic mass is 16.5. The molecule has 3 rings (SSSR count). The van der Waals surface area contributed by atoms with E-state index >= 15 is 0 Å². The van der Waals surface area contributed by atoms with Gasteiger partial charge in [-0.3, -0.25) is 4.79 Å². The van der Waals surface area contributed by atoms with Crippen LogP contribution < -0.4 is 9.47 Å². The molecule has 3 aromatic carbocycles. The number of carbonyl (C=O) groups is 3. The van der Waals surface area contributed by atoms with E-state index in [0.29, 0.717) is 35.1 Å². The maximum atomic E-state index is 12.8. The van der Waals surface area contributed by atoms with E-state index < -0.39 is 11.9 Å². The smallest absolute Gasteiger partial charge is 0.343 e. The van der Waals surface area contributed by atoms with Crippen LogP contribution in [0.15, 0.2) is 60.7 Å². The Morgan fingerprint density at radius 3 is 1.54 bits per heavy atom. The monoisotopic (exact) mass is 472 g/mol. The number of aldehydes is 1. The normalized spacial score (nSPS) is 10.6. The maximum Gasteiger partial charge on any atom is 0.343 e. The Bertz CT molecular complexity index is 1160. The average Bonchev–Trinajstić information content (AvgIpc) is 2.86. The number of aryl methyl sites for hydroxylation is 3. The molecule has 0 unspecified atom stereocenters. The van der Waals surface area contributed by atoms with E-state index in [2.05, 4.69) is 13.8 Å². The van der Waals surface area contributed by atoms with Gasteiger partial charge in [0.05, 0.1) is 16.7 Å². The van der Waals surface area contributed by atoms with Crippen LogP contribution >= 0.6 is 0 Å². The zero-order valence-corrected chi connectivity index (χ0v) is 20.6. The zero-order valence-electron chi connectivity index (χ0n) is 20.6. The number of hydrogen-bond acceptors (Lipinski definition) is 5. The zero-order chi connectivity index (χ0) is 25.2. The van der Waals surface area contributed by atoms with Gasteiger partial charge < -0.3 is 9.47 Å². The molecule has 0 spiro atoms. The fourth-order valence-corrected chi connectivity index (χ4v) is 3.87. The molecule has 0 radical (unpaired) electrons. The average molecular weight is 473 g/mol. The Balaban J connectivity index is 1.83. The standard InChI is InChI=1S/C30H32O5/c1-4-7-21-10-14-23(15-11-21)29(32)34-27-19-26(20-31)28(18-25(27)9-6-3)35-30(33)24-16-12-22(8-5-2)13-17-24/h10-20H,4-9H2,1-3H3. The fourth-order valence-electron chi connectivity index (χ4n) is 3.87.